The Bertz CT molecular complexity index is 830. The SMILES string of the molecule is O[C@H](CNCCc1ccccc1)COc1ccc(OC[C@H](O)CNCCc2ccccc2)cc1. The van der Waals surface area contributed by atoms with E-state index in [0.29, 0.717) is 24.6 Å². The minimum atomic E-state index is -0.587. The first-order valence-electron chi connectivity index (χ1n) is 11.9. The van der Waals surface area contributed by atoms with E-state index >= 15 is 0 Å². The van der Waals surface area contributed by atoms with Crippen LogP contribution in [0.1, 0.15) is 11.1 Å². The van der Waals surface area contributed by atoms with Crippen molar-refractivity contribution in [1.82, 2.24) is 10.6 Å². The van der Waals surface area contributed by atoms with Gasteiger partial charge in [-0.2, -0.15) is 0 Å². The quantitative estimate of drug-likeness (QED) is 0.244. The van der Waals surface area contributed by atoms with E-state index in [1.165, 1.54) is 11.1 Å². The second-order valence-electron chi connectivity index (χ2n) is 8.28. The summed E-state index contributed by atoms with van der Waals surface area (Å²) < 4.78 is 11.3. The number of hydrogen-bond donors (Lipinski definition) is 4. The molecule has 2 atom stereocenters. The van der Waals surface area contributed by atoms with Gasteiger partial charge in [0.05, 0.1) is 0 Å². The molecule has 0 radical (unpaired) electrons. The number of aliphatic hydroxyl groups excluding tert-OH is 2. The monoisotopic (exact) mass is 464 g/mol. The maximum absolute atomic E-state index is 10.1. The zero-order valence-corrected chi connectivity index (χ0v) is 19.6. The fourth-order valence-corrected chi connectivity index (χ4v) is 3.43. The molecular weight excluding hydrogens is 428 g/mol. The summed E-state index contributed by atoms with van der Waals surface area (Å²) in [6, 6.07) is 27.7. The second kappa shape index (κ2) is 15.1. The van der Waals surface area contributed by atoms with Crippen LogP contribution in [0.25, 0.3) is 0 Å². The lowest BCUT2D eigenvalue weighted by atomic mass is 10.1. The van der Waals surface area contributed by atoms with Crippen LogP contribution in [0, 0.1) is 0 Å². The van der Waals surface area contributed by atoms with E-state index in [-0.39, 0.29) is 13.2 Å². The van der Waals surface area contributed by atoms with Gasteiger partial charge < -0.3 is 30.3 Å². The fourth-order valence-electron chi connectivity index (χ4n) is 3.43. The molecule has 0 fully saturated rings. The van der Waals surface area contributed by atoms with Crippen molar-refractivity contribution < 1.29 is 19.7 Å². The summed E-state index contributed by atoms with van der Waals surface area (Å²) >= 11 is 0. The maximum atomic E-state index is 10.1. The molecule has 3 rings (SSSR count). The number of aliphatic hydroxyl groups is 2. The molecule has 0 amide bonds. The van der Waals surface area contributed by atoms with Crippen molar-refractivity contribution in [2.45, 2.75) is 25.0 Å². The maximum Gasteiger partial charge on any atom is 0.119 e. The Hall–Kier alpha value is -2.90. The number of ether oxygens (including phenoxy) is 2. The molecule has 3 aromatic rings. The molecule has 182 valence electrons. The first-order valence-corrected chi connectivity index (χ1v) is 11.9. The Kier molecular flexibility index (Phi) is 11.4. The minimum Gasteiger partial charge on any atom is -0.491 e. The number of rotatable bonds is 16. The van der Waals surface area contributed by atoms with E-state index in [4.69, 9.17) is 9.47 Å². The van der Waals surface area contributed by atoms with Gasteiger partial charge in [-0.1, -0.05) is 60.7 Å². The highest BCUT2D eigenvalue weighted by Crippen LogP contribution is 2.18. The highest BCUT2D eigenvalue weighted by Gasteiger charge is 2.07. The summed E-state index contributed by atoms with van der Waals surface area (Å²) in [5.41, 5.74) is 2.55. The third-order valence-corrected chi connectivity index (χ3v) is 5.33. The van der Waals surface area contributed by atoms with Crippen LogP contribution in [-0.4, -0.2) is 61.8 Å². The van der Waals surface area contributed by atoms with Gasteiger partial charge in [0.15, 0.2) is 0 Å². The molecule has 0 bridgehead atoms. The molecule has 0 heterocycles. The van der Waals surface area contributed by atoms with Gasteiger partial charge in [-0.25, -0.2) is 0 Å². The standard InChI is InChI=1S/C28H36N2O4/c31-25(19-29-17-15-23-7-3-1-4-8-23)21-33-27-11-13-28(14-12-27)34-22-26(32)20-30-18-16-24-9-5-2-6-10-24/h1-14,25-26,29-32H,15-22H2/t25-,26-/m1/s1. The van der Waals surface area contributed by atoms with Gasteiger partial charge in [0.1, 0.15) is 36.9 Å². The Balaban J connectivity index is 1.23. The number of hydrogen-bond acceptors (Lipinski definition) is 6. The summed E-state index contributed by atoms with van der Waals surface area (Å²) in [6.45, 7) is 3.00. The van der Waals surface area contributed by atoms with E-state index in [0.717, 1.165) is 25.9 Å². The molecule has 0 aliphatic rings. The van der Waals surface area contributed by atoms with Gasteiger partial charge in [-0.3, -0.25) is 0 Å². The fraction of sp³-hybridized carbons (Fsp3) is 0.357. The van der Waals surface area contributed by atoms with E-state index in [9.17, 15) is 10.2 Å². The van der Waals surface area contributed by atoms with Gasteiger partial charge >= 0.3 is 0 Å². The zero-order valence-electron chi connectivity index (χ0n) is 19.6. The lowest BCUT2D eigenvalue weighted by Crippen LogP contribution is -2.32. The van der Waals surface area contributed by atoms with Gasteiger partial charge in [-0.15, -0.1) is 0 Å². The van der Waals surface area contributed by atoms with Crippen LogP contribution < -0.4 is 20.1 Å². The molecule has 34 heavy (non-hydrogen) atoms. The predicted octanol–water partition coefficient (Wildman–Crippen LogP) is 2.83. The average Bonchev–Trinajstić information content (AvgIpc) is 2.88. The molecule has 0 saturated heterocycles. The summed E-state index contributed by atoms with van der Waals surface area (Å²) in [6.07, 6.45) is 0.676. The molecule has 0 aliphatic heterocycles. The molecule has 0 saturated carbocycles. The predicted molar refractivity (Wildman–Crippen MR) is 135 cm³/mol. The van der Waals surface area contributed by atoms with Gasteiger partial charge in [0.2, 0.25) is 0 Å². The zero-order chi connectivity index (χ0) is 23.8. The molecule has 0 aromatic heterocycles. The van der Waals surface area contributed by atoms with Crippen LogP contribution in [0.2, 0.25) is 0 Å². The summed E-state index contributed by atoms with van der Waals surface area (Å²) in [5.74, 6) is 1.33. The highest BCUT2D eigenvalue weighted by atomic mass is 16.5. The molecule has 6 nitrogen and oxygen atoms in total. The third-order valence-electron chi connectivity index (χ3n) is 5.33. The van der Waals surface area contributed by atoms with Crippen LogP contribution in [0.4, 0.5) is 0 Å². The molecule has 4 N–H and O–H groups in total. The topological polar surface area (TPSA) is 83.0 Å². The smallest absolute Gasteiger partial charge is 0.119 e. The van der Waals surface area contributed by atoms with Gasteiger partial charge in [0, 0.05) is 13.1 Å². The van der Waals surface area contributed by atoms with Crippen molar-refractivity contribution in [1.29, 1.82) is 0 Å². The van der Waals surface area contributed by atoms with Crippen LogP contribution in [0.15, 0.2) is 84.9 Å². The molecule has 0 spiro atoms. The van der Waals surface area contributed by atoms with Crippen molar-refractivity contribution in [3.05, 3.63) is 96.1 Å². The van der Waals surface area contributed by atoms with Crippen molar-refractivity contribution in [3.63, 3.8) is 0 Å². The Morgan fingerprint density at radius 3 is 1.32 bits per heavy atom. The number of benzene rings is 3. The van der Waals surface area contributed by atoms with Crippen molar-refractivity contribution in [2.24, 2.45) is 0 Å². The van der Waals surface area contributed by atoms with Crippen LogP contribution in [0.3, 0.4) is 0 Å². The Morgan fingerprint density at radius 1 is 0.559 bits per heavy atom. The summed E-state index contributed by atoms with van der Waals surface area (Å²) in [7, 11) is 0. The van der Waals surface area contributed by atoms with Gasteiger partial charge in [-0.05, 0) is 61.3 Å². The Labute approximate surface area is 202 Å². The van der Waals surface area contributed by atoms with E-state index < -0.39 is 12.2 Å². The molecular formula is C28H36N2O4. The minimum absolute atomic E-state index is 0.214. The lowest BCUT2D eigenvalue weighted by molar-refractivity contribution is 0.104. The molecule has 0 aliphatic carbocycles. The van der Waals surface area contributed by atoms with E-state index in [1.54, 1.807) is 24.3 Å². The normalized spacial score (nSPS) is 12.8. The largest absolute Gasteiger partial charge is 0.491 e. The lowest BCUT2D eigenvalue weighted by Gasteiger charge is -2.15. The van der Waals surface area contributed by atoms with E-state index in [2.05, 4.69) is 34.9 Å². The molecule has 6 heteroatoms. The first kappa shape index (κ1) is 25.7. The summed E-state index contributed by atoms with van der Waals surface area (Å²) in [5, 5.41) is 26.7. The third kappa shape index (κ3) is 10.4. The van der Waals surface area contributed by atoms with Crippen LogP contribution in [-0.2, 0) is 12.8 Å². The number of nitrogens with one attached hydrogen (secondary N) is 2. The molecule has 0 unspecified atom stereocenters. The first-order chi connectivity index (χ1) is 16.7. The van der Waals surface area contributed by atoms with Crippen LogP contribution >= 0.6 is 0 Å². The van der Waals surface area contributed by atoms with Crippen molar-refractivity contribution >= 4 is 0 Å². The Morgan fingerprint density at radius 2 is 0.941 bits per heavy atom. The second-order valence-corrected chi connectivity index (χ2v) is 8.28. The summed E-state index contributed by atoms with van der Waals surface area (Å²) in [4.78, 5) is 0. The van der Waals surface area contributed by atoms with Crippen LogP contribution in [0.5, 0.6) is 11.5 Å². The average molecular weight is 465 g/mol. The van der Waals surface area contributed by atoms with Crippen molar-refractivity contribution in [3.8, 4) is 11.5 Å². The molecule has 3 aromatic carbocycles. The van der Waals surface area contributed by atoms with Crippen molar-refractivity contribution in [2.75, 3.05) is 39.4 Å². The highest BCUT2D eigenvalue weighted by molar-refractivity contribution is 5.31. The van der Waals surface area contributed by atoms with E-state index in [1.807, 2.05) is 36.4 Å². The van der Waals surface area contributed by atoms with Gasteiger partial charge in [0.25, 0.3) is 0 Å².